The van der Waals surface area contributed by atoms with Gasteiger partial charge in [0.25, 0.3) is 0 Å². The number of esters is 1. The third-order valence-electron chi connectivity index (χ3n) is 3.22. The van der Waals surface area contributed by atoms with E-state index < -0.39 is 24.3 Å². The van der Waals surface area contributed by atoms with Gasteiger partial charge in [0.05, 0.1) is 6.04 Å². The second-order valence-electron chi connectivity index (χ2n) is 4.96. The zero-order valence-electron chi connectivity index (χ0n) is 12.1. The van der Waals surface area contributed by atoms with E-state index in [1.165, 1.54) is 30.3 Å². The van der Waals surface area contributed by atoms with E-state index in [1.807, 2.05) is 0 Å². The highest BCUT2D eigenvalue weighted by atomic mass is 35.5. The Bertz CT molecular complexity index is 720. The largest absolute Gasteiger partial charge is 0.490 e. The van der Waals surface area contributed by atoms with E-state index in [9.17, 15) is 18.0 Å². The number of carbonyl (C=O) groups excluding carboxylic acids is 1. The summed E-state index contributed by atoms with van der Waals surface area (Å²) in [5.41, 5.74) is 6.74. The standard InChI is InChI=1S/C16H12Cl2F3NO2/c17-11-6-4-9(5-7-11)13(22)14(24-15(23)16(19,20)21)10-2-1-3-12(18)8-10/h1-8,13-14H,22H2/t13-,14+/m1/s1. The van der Waals surface area contributed by atoms with E-state index in [0.29, 0.717) is 10.6 Å². The van der Waals surface area contributed by atoms with E-state index in [-0.39, 0.29) is 10.6 Å². The van der Waals surface area contributed by atoms with Gasteiger partial charge in [-0.1, -0.05) is 47.5 Å². The normalized spacial score (nSPS) is 14.1. The highest BCUT2D eigenvalue weighted by Gasteiger charge is 2.43. The van der Waals surface area contributed by atoms with Gasteiger partial charge in [0, 0.05) is 10.0 Å². The van der Waals surface area contributed by atoms with E-state index in [0.717, 1.165) is 0 Å². The first kappa shape index (κ1) is 18.6. The SMILES string of the molecule is N[C@H](c1ccc(Cl)cc1)[C@@H](OC(=O)C(F)(F)F)c1cccc(Cl)c1. The third-order valence-corrected chi connectivity index (χ3v) is 3.71. The van der Waals surface area contributed by atoms with E-state index in [2.05, 4.69) is 4.74 Å². The number of benzene rings is 2. The van der Waals surface area contributed by atoms with Crippen LogP contribution in [0.3, 0.4) is 0 Å². The Morgan fingerprint density at radius 2 is 1.62 bits per heavy atom. The van der Waals surface area contributed by atoms with Crippen LogP contribution in [0.1, 0.15) is 23.3 Å². The van der Waals surface area contributed by atoms with Crippen LogP contribution in [0.5, 0.6) is 0 Å². The number of halogens is 5. The summed E-state index contributed by atoms with van der Waals surface area (Å²) in [7, 11) is 0. The molecule has 0 aliphatic rings. The number of carbonyl (C=O) groups is 1. The summed E-state index contributed by atoms with van der Waals surface area (Å²) in [5, 5.41) is 0.724. The van der Waals surface area contributed by atoms with Gasteiger partial charge < -0.3 is 10.5 Å². The Hall–Kier alpha value is -1.76. The fourth-order valence-corrected chi connectivity index (χ4v) is 2.40. The maximum atomic E-state index is 12.6. The van der Waals surface area contributed by atoms with Gasteiger partial charge in [-0.25, -0.2) is 4.79 Å². The average Bonchev–Trinajstić information content (AvgIpc) is 2.51. The molecule has 2 N–H and O–H groups in total. The molecule has 24 heavy (non-hydrogen) atoms. The highest BCUT2D eigenvalue weighted by molar-refractivity contribution is 6.30. The number of alkyl halides is 3. The number of hydrogen-bond donors (Lipinski definition) is 1. The number of nitrogens with two attached hydrogens (primary N) is 1. The lowest BCUT2D eigenvalue weighted by Crippen LogP contribution is -2.31. The highest BCUT2D eigenvalue weighted by Crippen LogP contribution is 2.34. The van der Waals surface area contributed by atoms with Crippen LogP contribution in [0.2, 0.25) is 10.0 Å². The van der Waals surface area contributed by atoms with Crippen molar-refractivity contribution in [2.24, 2.45) is 5.73 Å². The predicted molar refractivity (Wildman–Crippen MR) is 84.7 cm³/mol. The quantitative estimate of drug-likeness (QED) is 0.775. The van der Waals surface area contributed by atoms with Crippen molar-refractivity contribution in [2.45, 2.75) is 18.3 Å². The zero-order valence-corrected chi connectivity index (χ0v) is 13.6. The average molecular weight is 378 g/mol. The van der Waals surface area contributed by atoms with Crippen molar-refractivity contribution >= 4 is 29.2 Å². The molecule has 2 rings (SSSR count). The molecule has 8 heteroatoms. The van der Waals surface area contributed by atoms with Crippen molar-refractivity contribution < 1.29 is 22.7 Å². The second kappa shape index (κ2) is 7.42. The molecule has 2 atom stereocenters. The zero-order chi connectivity index (χ0) is 17.9. The molecule has 128 valence electrons. The molecule has 0 unspecified atom stereocenters. The van der Waals surface area contributed by atoms with Crippen LogP contribution in [0.4, 0.5) is 13.2 Å². The summed E-state index contributed by atoms with van der Waals surface area (Å²) < 4.78 is 42.3. The Labute approximate surface area is 146 Å². The van der Waals surface area contributed by atoms with E-state index >= 15 is 0 Å². The minimum Gasteiger partial charge on any atom is -0.449 e. The molecule has 0 saturated carbocycles. The summed E-state index contributed by atoms with van der Waals surface area (Å²) in [6.45, 7) is 0. The number of hydrogen-bond acceptors (Lipinski definition) is 3. The second-order valence-corrected chi connectivity index (χ2v) is 5.83. The van der Waals surface area contributed by atoms with Crippen LogP contribution < -0.4 is 5.73 Å². The predicted octanol–water partition coefficient (Wildman–Crippen LogP) is 4.84. The molecule has 0 fully saturated rings. The van der Waals surface area contributed by atoms with Crippen LogP contribution in [-0.2, 0) is 9.53 Å². The Morgan fingerprint density at radius 1 is 1.00 bits per heavy atom. The van der Waals surface area contributed by atoms with Crippen molar-refractivity contribution in [1.82, 2.24) is 0 Å². The summed E-state index contributed by atoms with van der Waals surface area (Å²) >= 11 is 11.7. The van der Waals surface area contributed by atoms with E-state index in [4.69, 9.17) is 28.9 Å². The van der Waals surface area contributed by atoms with Crippen molar-refractivity contribution in [3.05, 3.63) is 69.7 Å². The van der Waals surface area contributed by atoms with Crippen molar-refractivity contribution in [3.63, 3.8) is 0 Å². The molecule has 0 radical (unpaired) electrons. The van der Waals surface area contributed by atoms with Crippen LogP contribution in [0.25, 0.3) is 0 Å². The van der Waals surface area contributed by atoms with Crippen LogP contribution in [0.15, 0.2) is 48.5 Å². The van der Waals surface area contributed by atoms with Gasteiger partial charge >= 0.3 is 12.1 Å². The van der Waals surface area contributed by atoms with Gasteiger partial charge in [0.15, 0.2) is 0 Å². The molecule has 0 aliphatic carbocycles. The lowest BCUT2D eigenvalue weighted by atomic mass is 9.96. The summed E-state index contributed by atoms with van der Waals surface area (Å²) in [5.74, 6) is -2.32. The summed E-state index contributed by atoms with van der Waals surface area (Å²) in [4.78, 5) is 11.3. The fraction of sp³-hybridized carbons (Fsp3) is 0.188. The third kappa shape index (κ3) is 4.63. The van der Waals surface area contributed by atoms with Crippen molar-refractivity contribution in [3.8, 4) is 0 Å². The van der Waals surface area contributed by atoms with Crippen LogP contribution in [-0.4, -0.2) is 12.1 Å². The van der Waals surface area contributed by atoms with Gasteiger partial charge in [-0.15, -0.1) is 0 Å². The molecule has 2 aromatic carbocycles. The Balaban J connectivity index is 2.38. The lowest BCUT2D eigenvalue weighted by molar-refractivity contribution is -0.206. The molecule has 0 bridgehead atoms. The lowest BCUT2D eigenvalue weighted by Gasteiger charge is -2.25. The molecular weight excluding hydrogens is 366 g/mol. The molecule has 0 spiro atoms. The van der Waals surface area contributed by atoms with Crippen LogP contribution in [0, 0.1) is 0 Å². The number of ether oxygens (including phenoxy) is 1. The Morgan fingerprint density at radius 3 is 2.17 bits per heavy atom. The molecular formula is C16H12Cl2F3NO2. The fourth-order valence-electron chi connectivity index (χ4n) is 2.07. The summed E-state index contributed by atoms with van der Waals surface area (Å²) in [6.07, 6.45) is -6.49. The first-order valence-electron chi connectivity index (χ1n) is 6.73. The molecule has 2 aromatic rings. The topological polar surface area (TPSA) is 52.3 Å². The maximum Gasteiger partial charge on any atom is 0.490 e. The van der Waals surface area contributed by atoms with Crippen molar-refractivity contribution in [1.29, 1.82) is 0 Å². The molecule has 0 heterocycles. The molecule has 3 nitrogen and oxygen atoms in total. The van der Waals surface area contributed by atoms with Gasteiger partial charge in [-0.3, -0.25) is 0 Å². The minimum absolute atomic E-state index is 0.252. The van der Waals surface area contributed by atoms with Gasteiger partial charge in [0.2, 0.25) is 0 Å². The maximum absolute atomic E-state index is 12.6. The van der Waals surface area contributed by atoms with E-state index in [1.54, 1.807) is 18.2 Å². The van der Waals surface area contributed by atoms with Gasteiger partial charge in [0.1, 0.15) is 6.10 Å². The summed E-state index contributed by atoms with van der Waals surface area (Å²) in [6, 6.07) is 11.1. The van der Waals surface area contributed by atoms with Gasteiger partial charge in [-0.05, 0) is 35.4 Å². The van der Waals surface area contributed by atoms with Gasteiger partial charge in [-0.2, -0.15) is 13.2 Å². The molecule has 0 amide bonds. The molecule has 0 aliphatic heterocycles. The first-order valence-corrected chi connectivity index (χ1v) is 7.48. The number of rotatable bonds is 4. The van der Waals surface area contributed by atoms with Crippen LogP contribution >= 0.6 is 23.2 Å². The monoisotopic (exact) mass is 377 g/mol. The molecule has 0 saturated heterocycles. The smallest absolute Gasteiger partial charge is 0.449 e. The Kier molecular flexibility index (Phi) is 5.74. The first-order chi connectivity index (χ1) is 11.2. The molecule has 0 aromatic heterocycles. The minimum atomic E-state index is -5.13. The van der Waals surface area contributed by atoms with Crippen molar-refractivity contribution in [2.75, 3.05) is 0 Å².